The predicted octanol–water partition coefficient (Wildman–Crippen LogP) is 4.38. The number of hydrogen-bond acceptors (Lipinski definition) is 1. The second-order valence-electron chi connectivity index (χ2n) is 4.04. The molecular weight excluding hydrogens is 196 g/mol. The molecule has 1 nitrogen and oxygen atoms in total. The van der Waals surface area contributed by atoms with E-state index in [-0.39, 0.29) is 0 Å². The molecule has 16 heavy (non-hydrogen) atoms. The van der Waals surface area contributed by atoms with Crippen LogP contribution in [0.3, 0.4) is 0 Å². The van der Waals surface area contributed by atoms with Crippen molar-refractivity contribution in [1.29, 1.82) is 0 Å². The third-order valence-electron chi connectivity index (χ3n) is 2.42. The van der Waals surface area contributed by atoms with E-state index in [9.17, 15) is 4.79 Å². The van der Waals surface area contributed by atoms with Crippen LogP contribution in [0.2, 0.25) is 0 Å². The van der Waals surface area contributed by atoms with Crippen LogP contribution in [0, 0.1) is 0 Å². The molecule has 0 bridgehead atoms. The highest BCUT2D eigenvalue weighted by molar-refractivity contribution is 5.71. The van der Waals surface area contributed by atoms with E-state index in [0.717, 1.165) is 31.1 Å². The maximum Gasteiger partial charge on any atom is 0.145 e. The maximum atomic E-state index is 10.4. The Morgan fingerprint density at radius 2 is 1.75 bits per heavy atom. The monoisotopic (exact) mass is 218 g/mol. The lowest BCUT2D eigenvalue weighted by atomic mass is 10.1. The zero-order valence-electron chi connectivity index (χ0n) is 10.6. The molecule has 0 aromatic heterocycles. The van der Waals surface area contributed by atoms with Gasteiger partial charge in [-0.25, -0.2) is 0 Å². The smallest absolute Gasteiger partial charge is 0.145 e. The molecule has 0 N–H and O–H groups in total. The van der Waals surface area contributed by atoms with Crippen LogP contribution in [-0.2, 0) is 4.79 Å². The van der Waals surface area contributed by atoms with Gasteiger partial charge in [-0.3, -0.25) is 4.79 Å². The van der Waals surface area contributed by atoms with E-state index in [1.165, 1.54) is 11.1 Å². The number of aldehydes is 1. The molecule has 0 rings (SSSR count). The Morgan fingerprint density at radius 3 is 2.31 bits per heavy atom. The molecule has 0 fully saturated rings. The molecule has 0 saturated heterocycles. The minimum atomic E-state index is 0.815. The molecule has 0 unspecified atom stereocenters. The number of carbonyl (C=O) groups excluding carboxylic acids is 1. The Balaban J connectivity index is 3.97. The van der Waals surface area contributed by atoms with E-state index in [2.05, 4.69) is 25.7 Å². The first kappa shape index (κ1) is 14.6. The van der Waals surface area contributed by atoms with Crippen LogP contribution in [0.4, 0.5) is 0 Å². The fourth-order valence-corrected chi connectivity index (χ4v) is 1.21. The second-order valence-corrected chi connectivity index (χ2v) is 4.04. The van der Waals surface area contributed by atoms with Gasteiger partial charge in [0.05, 0.1) is 0 Å². The summed E-state index contributed by atoms with van der Waals surface area (Å²) in [5, 5.41) is 0. The summed E-state index contributed by atoms with van der Waals surface area (Å²) < 4.78 is 0. The van der Waals surface area contributed by atoms with E-state index < -0.39 is 0 Å². The number of hydrogen-bond donors (Lipinski definition) is 0. The minimum absolute atomic E-state index is 0.815. The largest absolute Gasteiger partial charge is 0.298 e. The summed E-state index contributed by atoms with van der Waals surface area (Å²) in [4.78, 5) is 10.4. The van der Waals surface area contributed by atoms with Crippen LogP contribution in [-0.4, -0.2) is 6.29 Å². The van der Waals surface area contributed by atoms with E-state index in [1.54, 1.807) is 0 Å². The fourth-order valence-electron chi connectivity index (χ4n) is 1.21. The first-order valence-corrected chi connectivity index (χ1v) is 5.67. The SMILES string of the molecule is C=C/C(C)=C/C/C=C(/C)CC/C=C(\C)C=O. The van der Waals surface area contributed by atoms with Crippen molar-refractivity contribution in [1.82, 2.24) is 0 Å². The summed E-state index contributed by atoms with van der Waals surface area (Å²) >= 11 is 0. The van der Waals surface area contributed by atoms with Gasteiger partial charge in [-0.05, 0) is 45.6 Å². The van der Waals surface area contributed by atoms with Gasteiger partial charge in [0.25, 0.3) is 0 Å². The lowest BCUT2D eigenvalue weighted by molar-refractivity contribution is -0.104. The van der Waals surface area contributed by atoms with Gasteiger partial charge in [0.2, 0.25) is 0 Å². The molecule has 0 aliphatic carbocycles. The van der Waals surface area contributed by atoms with Crippen LogP contribution >= 0.6 is 0 Å². The van der Waals surface area contributed by atoms with Gasteiger partial charge < -0.3 is 0 Å². The zero-order valence-corrected chi connectivity index (χ0v) is 10.6. The molecule has 0 aromatic rings. The van der Waals surface area contributed by atoms with Crippen molar-refractivity contribution in [2.45, 2.75) is 40.0 Å². The third-order valence-corrected chi connectivity index (χ3v) is 2.42. The van der Waals surface area contributed by atoms with Crippen molar-refractivity contribution in [2.24, 2.45) is 0 Å². The van der Waals surface area contributed by atoms with E-state index in [4.69, 9.17) is 0 Å². The minimum Gasteiger partial charge on any atom is -0.298 e. The van der Waals surface area contributed by atoms with Crippen molar-refractivity contribution in [3.05, 3.63) is 47.6 Å². The second kappa shape index (κ2) is 8.90. The standard InChI is InChI=1S/C15H22O/c1-5-13(2)8-6-9-14(3)10-7-11-15(4)12-16/h5,8-9,11-12H,1,6-7,10H2,2-4H3/b13-8+,14-9-,15-11+. The molecular formula is C15H22O. The molecule has 0 heterocycles. The molecule has 0 aliphatic rings. The summed E-state index contributed by atoms with van der Waals surface area (Å²) in [5.41, 5.74) is 3.39. The Morgan fingerprint density at radius 1 is 1.06 bits per heavy atom. The van der Waals surface area contributed by atoms with Crippen molar-refractivity contribution >= 4 is 6.29 Å². The fraction of sp³-hybridized carbons (Fsp3) is 0.400. The highest BCUT2D eigenvalue weighted by Crippen LogP contribution is 2.08. The summed E-state index contributed by atoms with van der Waals surface area (Å²) in [5.74, 6) is 0. The number of rotatable bonds is 7. The third kappa shape index (κ3) is 7.98. The van der Waals surface area contributed by atoms with Crippen molar-refractivity contribution in [2.75, 3.05) is 0 Å². The molecule has 0 amide bonds. The normalized spacial score (nSPS) is 13.8. The molecule has 0 aliphatic heterocycles. The van der Waals surface area contributed by atoms with Gasteiger partial charge in [-0.2, -0.15) is 0 Å². The van der Waals surface area contributed by atoms with Crippen LogP contribution in [0.25, 0.3) is 0 Å². The van der Waals surface area contributed by atoms with Gasteiger partial charge in [0.1, 0.15) is 6.29 Å². The summed E-state index contributed by atoms with van der Waals surface area (Å²) in [6, 6.07) is 0. The van der Waals surface area contributed by atoms with Gasteiger partial charge in [0.15, 0.2) is 0 Å². The molecule has 0 radical (unpaired) electrons. The lowest BCUT2D eigenvalue weighted by Crippen LogP contribution is -1.80. The average Bonchev–Trinajstić information content (AvgIpc) is 2.28. The van der Waals surface area contributed by atoms with Crippen LogP contribution in [0.1, 0.15) is 40.0 Å². The zero-order chi connectivity index (χ0) is 12.4. The predicted molar refractivity (Wildman–Crippen MR) is 71.4 cm³/mol. The first-order chi connectivity index (χ1) is 7.60. The molecule has 88 valence electrons. The highest BCUT2D eigenvalue weighted by Gasteiger charge is 1.89. The Bertz CT molecular complexity index is 316. The van der Waals surface area contributed by atoms with E-state index in [0.29, 0.717) is 0 Å². The summed E-state index contributed by atoms with van der Waals surface area (Å²) in [6.07, 6.45) is 12.0. The Kier molecular flexibility index (Phi) is 8.14. The topological polar surface area (TPSA) is 17.1 Å². The van der Waals surface area contributed by atoms with Crippen molar-refractivity contribution in [3.63, 3.8) is 0 Å². The summed E-state index contributed by atoms with van der Waals surface area (Å²) in [7, 11) is 0. The molecule has 0 saturated carbocycles. The summed E-state index contributed by atoms with van der Waals surface area (Å²) in [6.45, 7) is 9.72. The number of carbonyl (C=O) groups is 1. The van der Waals surface area contributed by atoms with Crippen LogP contribution < -0.4 is 0 Å². The lowest BCUT2D eigenvalue weighted by Gasteiger charge is -1.97. The van der Waals surface area contributed by atoms with Gasteiger partial charge >= 0.3 is 0 Å². The molecule has 0 spiro atoms. The molecule has 0 aromatic carbocycles. The van der Waals surface area contributed by atoms with E-state index >= 15 is 0 Å². The van der Waals surface area contributed by atoms with Crippen LogP contribution in [0.15, 0.2) is 47.6 Å². The molecule has 0 atom stereocenters. The number of allylic oxidation sites excluding steroid dienone is 7. The maximum absolute atomic E-state index is 10.4. The highest BCUT2D eigenvalue weighted by atomic mass is 16.1. The van der Waals surface area contributed by atoms with Gasteiger partial charge in [-0.15, -0.1) is 0 Å². The van der Waals surface area contributed by atoms with Gasteiger partial charge in [0, 0.05) is 0 Å². The van der Waals surface area contributed by atoms with Crippen molar-refractivity contribution in [3.8, 4) is 0 Å². The quantitative estimate of drug-likeness (QED) is 0.268. The Hall–Kier alpha value is -1.37. The average molecular weight is 218 g/mol. The van der Waals surface area contributed by atoms with E-state index in [1.807, 2.05) is 26.0 Å². The molecule has 1 heteroatoms. The van der Waals surface area contributed by atoms with Crippen molar-refractivity contribution < 1.29 is 4.79 Å². The van der Waals surface area contributed by atoms with Crippen LogP contribution in [0.5, 0.6) is 0 Å². The Labute approximate surface area is 99.3 Å². The van der Waals surface area contributed by atoms with Gasteiger partial charge in [-0.1, -0.05) is 42.0 Å². The first-order valence-electron chi connectivity index (χ1n) is 5.67.